The summed E-state index contributed by atoms with van der Waals surface area (Å²) in [5.74, 6) is -2.15. The molecular formula is C12H7F2NO2. The molecule has 1 heterocycles. The van der Waals surface area contributed by atoms with E-state index in [1.807, 2.05) is 0 Å². The topological polar surface area (TPSA) is 49.9 Å². The molecule has 17 heavy (non-hydrogen) atoms. The Kier molecular flexibility index (Phi) is 2.82. The van der Waals surface area contributed by atoms with Gasteiger partial charge in [0.25, 0.3) is 5.56 Å². The maximum Gasteiger partial charge on any atom is 0.255 e. The van der Waals surface area contributed by atoms with Crippen LogP contribution >= 0.6 is 0 Å². The number of nitrogens with one attached hydrogen (secondary N) is 1. The van der Waals surface area contributed by atoms with Crippen molar-refractivity contribution >= 4 is 6.29 Å². The van der Waals surface area contributed by atoms with Crippen LogP contribution < -0.4 is 5.56 Å². The van der Waals surface area contributed by atoms with Gasteiger partial charge in [-0.2, -0.15) is 0 Å². The molecule has 1 aromatic carbocycles. The van der Waals surface area contributed by atoms with Gasteiger partial charge in [0.2, 0.25) is 0 Å². The van der Waals surface area contributed by atoms with E-state index in [1.54, 1.807) is 0 Å². The predicted molar refractivity (Wildman–Crippen MR) is 57.8 cm³/mol. The SMILES string of the molecule is O=Cc1c[nH]c(=O)c(-c2cccc(F)c2F)c1. The van der Waals surface area contributed by atoms with Crippen molar-refractivity contribution in [2.75, 3.05) is 0 Å². The van der Waals surface area contributed by atoms with Crippen molar-refractivity contribution in [3.63, 3.8) is 0 Å². The minimum Gasteiger partial charge on any atom is -0.328 e. The Morgan fingerprint density at radius 3 is 2.65 bits per heavy atom. The Balaban J connectivity index is 2.72. The molecule has 0 amide bonds. The molecule has 5 heteroatoms. The van der Waals surface area contributed by atoms with Crippen molar-refractivity contribution in [3.05, 3.63) is 58.0 Å². The quantitative estimate of drug-likeness (QED) is 0.810. The average molecular weight is 235 g/mol. The van der Waals surface area contributed by atoms with Crippen LogP contribution in [0.5, 0.6) is 0 Å². The normalized spacial score (nSPS) is 10.2. The molecule has 0 bridgehead atoms. The summed E-state index contributed by atoms with van der Waals surface area (Å²) >= 11 is 0. The first-order valence-corrected chi connectivity index (χ1v) is 4.76. The standard InChI is InChI=1S/C12H7F2NO2/c13-10-3-1-2-8(11(10)14)9-4-7(6-16)5-15-12(9)17/h1-6H,(H,15,17). The zero-order valence-electron chi connectivity index (χ0n) is 8.54. The van der Waals surface area contributed by atoms with E-state index >= 15 is 0 Å². The fourth-order valence-electron chi connectivity index (χ4n) is 1.48. The Morgan fingerprint density at radius 1 is 1.18 bits per heavy atom. The zero-order valence-corrected chi connectivity index (χ0v) is 8.54. The third-order valence-electron chi connectivity index (χ3n) is 2.30. The van der Waals surface area contributed by atoms with Gasteiger partial charge in [-0.1, -0.05) is 12.1 Å². The van der Waals surface area contributed by atoms with Crippen molar-refractivity contribution in [3.8, 4) is 11.1 Å². The molecule has 0 aliphatic heterocycles. The highest BCUT2D eigenvalue weighted by molar-refractivity contribution is 5.78. The molecule has 1 aromatic heterocycles. The molecule has 86 valence electrons. The van der Waals surface area contributed by atoms with Gasteiger partial charge in [0.1, 0.15) is 0 Å². The van der Waals surface area contributed by atoms with E-state index in [9.17, 15) is 18.4 Å². The van der Waals surface area contributed by atoms with Gasteiger partial charge in [-0.3, -0.25) is 9.59 Å². The number of rotatable bonds is 2. The van der Waals surface area contributed by atoms with Gasteiger partial charge in [-0.15, -0.1) is 0 Å². The van der Waals surface area contributed by atoms with Gasteiger partial charge >= 0.3 is 0 Å². The highest BCUT2D eigenvalue weighted by Gasteiger charge is 2.12. The predicted octanol–water partition coefficient (Wildman–Crippen LogP) is 2.13. The number of carbonyl (C=O) groups is 1. The third kappa shape index (κ3) is 1.99. The van der Waals surface area contributed by atoms with Crippen LogP contribution in [-0.2, 0) is 0 Å². The van der Waals surface area contributed by atoms with Gasteiger partial charge in [-0.25, -0.2) is 8.78 Å². The fourth-order valence-corrected chi connectivity index (χ4v) is 1.48. The van der Waals surface area contributed by atoms with Crippen LogP contribution in [0.1, 0.15) is 10.4 Å². The molecule has 0 fully saturated rings. The summed E-state index contributed by atoms with van der Waals surface area (Å²) < 4.78 is 26.5. The summed E-state index contributed by atoms with van der Waals surface area (Å²) in [5.41, 5.74) is -0.648. The first-order valence-electron chi connectivity index (χ1n) is 4.76. The second-order valence-corrected chi connectivity index (χ2v) is 3.40. The van der Waals surface area contributed by atoms with Crippen molar-refractivity contribution in [1.29, 1.82) is 0 Å². The monoisotopic (exact) mass is 235 g/mol. The average Bonchev–Trinajstić information content (AvgIpc) is 2.34. The Labute approximate surface area is 94.7 Å². The molecule has 0 aliphatic carbocycles. The molecule has 0 aliphatic rings. The number of carbonyl (C=O) groups excluding carboxylic acids is 1. The van der Waals surface area contributed by atoms with Gasteiger partial charge in [-0.05, 0) is 12.1 Å². The van der Waals surface area contributed by atoms with E-state index in [0.29, 0.717) is 6.29 Å². The maximum absolute atomic E-state index is 13.5. The molecular weight excluding hydrogens is 228 g/mol. The summed E-state index contributed by atoms with van der Waals surface area (Å²) in [6.07, 6.45) is 1.71. The third-order valence-corrected chi connectivity index (χ3v) is 2.30. The molecule has 0 unspecified atom stereocenters. The summed E-state index contributed by atoms with van der Waals surface area (Å²) in [7, 11) is 0. The first-order chi connectivity index (χ1) is 8.13. The Morgan fingerprint density at radius 2 is 1.94 bits per heavy atom. The number of aromatic nitrogens is 1. The van der Waals surface area contributed by atoms with E-state index in [-0.39, 0.29) is 16.7 Å². The number of hydrogen-bond donors (Lipinski definition) is 1. The zero-order chi connectivity index (χ0) is 12.4. The van der Waals surface area contributed by atoms with Crippen LogP contribution in [0.2, 0.25) is 0 Å². The van der Waals surface area contributed by atoms with Crippen molar-refractivity contribution < 1.29 is 13.6 Å². The molecule has 3 nitrogen and oxygen atoms in total. The lowest BCUT2D eigenvalue weighted by Crippen LogP contribution is -2.10. The highest BCUT2D eigenvalue weighted by Crippen LogP contribution is 2.21. The number of hydrogen-bond acceptors (Lipinski definition) is 2. The lowest BCUT2D eigenvalue weighted by Gasteiger charge is -2.03. The van der Waals surface area contributed by atoms with E-state index in [2.05, 4.69) is 4.98 Å². The van der Waals surface area contributed by atoms with Crippen molar-refractivity contribution in [1.82, 2.24) is 4.98 Å². The van der Waals surface area contributed by atoms with Crippen LogP contribution in [0.25, 0.3) is 11.1 Å². The minimum atomic E-state index is -1.11. The van der Waals surface area contributed by atoms with Crippen LogP contribution in [-0.4, -0.2) is 11.3 Å². The first kappa shape index (κ1) is 11.2. The fraction of sp³-hybridized carbons (Fsp3) is 0. The van der Waals surface area contributed by atoms with Crippen molar-refractivity contribution in [2.24, 2.45) is 0 Å². The number of pyridine rings is 1. The molecule has 0 atom stereocenters. The molecule has 2 aromatic rings. The van der Waals surface area contributed by atoms with Crippen LogP contribution in [0.4, 0.5) is 8.78 Å². The number of benzene rings is 1. The second-order valence-electron chi connectivity index (χ2n) is 3.40. The summed E-state index contributed by atoms with van der Waals surface area (Å²) in [6, 6.07) is 4.73. The van der Waals surface area contributed by atoms with Gasteiger partial charge in [0.15, 0.2) is 17.9 Å². The van der Waals surface area contributed by atoms with Crippen LogP contribution in [0, 0.1) is 11.6 Å². The molecule has 2 rings (SSSR count). The number of aldehydes is 1. The lowest BCUT2D eigenvalue weighted by atomic mass is 10.1. The van der Waals surface area contributed by atoms with E-state index in [4.69, 9.17) is 0 Å². The molecule has 1 N–H and O–H groups in total. The molecule has 0 saturated carbocycles. The largest absolute Gasteiger partial charge is 0.328 e. The number of aromatic amines is 1. The second kappa shape index (κ2) is 4.29. The molecule has 0 radical (unpaired) electrons. The van der Waals surface area contributed by atoms with Gasteiger partial charge < -0.3 is 4.98 Å². The molecule has 0 saturated heterocycles. The van der Waals surface area contributed by atoms with Crippen molar-refractivity contribution in [2.45, 2.75) is 0 Å². The maximum atomic E-state index is 13.5. The van der Waals surface area contributed by atoms with E-state index in [0.717, 1.165) is 6.07 Å². The van der Waals surface area contributed by atoms with Gasteiger partial charge in [0.05, 0.1) is 5.56 Å². The Bertz CT molecular complexity index is 635. The number of H-pyrrole nitrogens is 1. The van der Waals surface area contributed by atoms with Crippen LogP contribution in [0.15, 0.2) is 35.3 Å². The van der Waals surface area contributed by atoms with E-state index < -0.39 is 17.2 Å². The summed E-state index contributed by atoms with van der Waals surface area (Å²) in [6.45, 7) is 0. The number of halogens is 2. The summed E-state index contributed by atoms with van der Waals surface area (Å²) in [5, 5.41) is 0. The summed E-state index contributed by atoms with van der Waals surface area (Å²) in [4.78, 5) is 24.3. The highest BCUT2D eigenvalue weighted by atomic mass is 19.2. The smallest absolute Gasteiger partial charge is 0.255 e. The lowest BCUT2D eigenvalue weighted by molar-refractivity contribution is 0.112. The van der Waals surface area contributed by atoms with Crippen LogP contribution in [0.3, 0.4) is 0 Å². The van der Waals surface area contributed by atoms with Gasteiger partial charge in [0, 0.05) is 17.3 Å². The molecule has 0 spiro atoms. The minimum absolute atomic E-state index is 0.0772. The Hall–Kier alpha value is -2.30. The van der Waals surface area contributed by atoms with E-state index in [1.165, 1.54) is 24.4 Å².